The molecule has 2 heteroatoms. The van der Waals surface area contributed by atoms with Crippen LogP contribution in [0.5, 0.6) is 0 Å². The maximum Gasteiger partial charge on any atom is 0.166 e. The Morgan fingerprint density at radius 3 is 2.10 bits per heavy atom. The zero-order chi connectivity index (χ0) is 7.78. The van der Waals surface area contributed by atoms with Gasteiger partial charge in [-0.25, -0.2) is 0 Å². The van der Waals surface area contributed by atoms with Gasteiger partial charge in [0.1, 0.15) is 5.60 Å². The van der Waals surface area contributed by atoms with Crippen LogP contribution < -0.4 is 0 Å². The summed E-state index contributed by atoms with van der Waals surface area (Å²) in [5.41, 5.74) is -0.936. The molecule has 0 aromatic rings. The Kier molecular flexibility index (Phi) is 1.82. The molecule has 0 aliphatic heterocycles. The molecule has 10 heavy (non-hydrogen) atoms. The summed E-state index contributed by atoms with van der Waals surface area (Å²) in [7, 11) is 0. The van der Waals surface area contributed by atoms with Gasteiger partial charge in [0.15, 0.2) is 5.78 Å². The van der Waals surface area contributed by atoms with Crippen LogP contribution in [0.3, 0.4) is 0 Å². The fourth-order valence-corrected chi connectivity index (χ4v) is 1.30. The highest BCUT2D eigenvalue weighted by Crippen LogP contribution is 2.34. The van der Waals surface area contributed by atoms with Crippen LogP contribution in [0.1, 0.15) is 33.1 Å². The molecule has 2 nitrogen and oxygen atoms in total. The van der Waals surface area contributed by atoms with Crippen LogP contribution in [0, 0.1) is 5.92 Å². The fraction of sp³-hybridized carbons (Fsp3) is 0.875. The topological polar surface area (TPSA) is 37.3 Å². The molecule has 0 spiro atoms. The van der Waals surface area contributed by atoms with Gasteiger partial charge in [-0.1, -0.05) is 13.8 Å². The standard InChI is InChI=1S/C8H14O2/c1-6(2)7(9)8(10)4-3-5-8/h6,10H,3-5H2,1-2H3. The number of carbonyl (C=O) groups is 1. The molecule has 0 saturated heterocycles. The van der Waals surface area contributed by atoms with E-state index in [1.165, 1.54) is 0 Å². The molecule has 1 rings (SSSR count). The van der Waals surface area contributed by atoms with Crippen molar-refractivity contribution in [1.82, 2.24) is 0 Å². The van der Waals surface area contributed by atoms with Crippen molar-refractivity contribution in [2.24, 2.45) is 5.92 Å². The van der Waals surface area contributed by atoms with Crippen molar-refractivity contribution in [3.8, 4) is 0 Å². The average molecular weight is 142 g/mol. The quantitative estimate of drug-likeness (QED) is 0.627. The number of hydrogen-bond acceptors (Lipinski definition) is 2. The van der Waals surface area contributed by atoms with Crippen LogP contribution in [-0.2, 0) is 4.79 Å². The Morgan fingerprint density at radius 1 is 1.50 bits per heavy atom. The van der Waals surface area contributed by atoms with E-state index in [0.29, 0.717) is 12.8 Å². The number of aliphatic hydroxyl groups is 1. The minimum Gasteiger partial charge on any atom is -0.382 e. The summed E-state index contributed by atoms with van der Waals surface area (Å²) in [6.45, 7) is 3.66. The molecule has 58 valence electrons. The van der Waals surface area contributed by atoms with Crippen LogP contribution in [-0.4, -0.2) is 16.5 Å². The molecule has 1 N–H and O–H groups in total. The van der Waals surface area contributed by atoms with E-state index in [1.54, 1.807) is 0 Å². The predicted octanol–water partition coefficient (Wildman–Crippen LogP) is 1.13. The first-order valence-corrected chi connectivity index (χ1v) is 3.83. The van der Waals surface area contributed by atoms with Crippen molar-refractivity contribution in [1.29, 1.82) is 0 Å². The molecule has 0 aromatic carbocycles. The van der Waals surface area contributed by atoms with E-state index in [4.69, 9.17) is 0 Å². The van der Waals surface area contributed by atoms with Gasteiger partial charge in [0.05, 0.1) is 0 Å². The zero-order valence-electron chi connectivity index (χ0n) is 6.55. The summed E-state index contributed by atoms with van der Waals surface area (Å²) in [5, 5.41) is 9.50. The van der Waals surface area contributed by atoms with Gasteiger partial charge >= 0.3 is 0 Å². The molecule has 0 amide bonds. The highest BCUT2D eigenvalue weighted by Gasteiger charge is 2.42. The minimum atomic E-state index is -0.936. The average Bonchev–Trinajstić information content (AvgIpc) is 1.81. The van der Waals surface area contributed by atoms with E-state index in [9.17, 15) is 9.90 Å². The molecule has 0 bridgehead atoms. The predicted molar refractivity (Wildman–Crippen MR) is 38.6 cm³/mol. The number of Topliss-reactive ketones (excluding diaryl/α,β-unsaturated/α-hetero) is 1. The molecule has 1 fully saturated rings. The molecule has 0 unspecified atom stereocenters. The Balaban J connectivity index is 2.55. The van der Waals surface area contributed by atoms with Crippen molar-refractivity contribution in [3.05, 3.63) is 0 Å². The third-order valence-electron chi connectivity index (χ3n) is 2.16. The van der Waals surface area contributed by atoms with Crippen molar-refractivity contribution < 1.29 is 9.90 Å². The SMILES string of the molecule is CC(C)C(=O)C1(O)CCC1. The lowest BCUT2D eigenvalue weighted by Crippen LogP contribution is -2.47. The summed E-state index contributed by atoms with van der Waals surface area (Å²) in [6, 6.07) is 0. The van der Waals surface area contributed by atoms with Crippen molar-refractivity contribution in [2.45, 2.75) is 38.7 Å². The normalized spacial score (nSPS) is 22.4. The minimum absolute atomic E-state index is 0.0127. The van der Waals surface area contributed by atoms with Gasteiger partial charge in [0.25, 0.3) is 0 Å². The molecule has 0 radical (unpaired) electrons. The maximum atomic E-state index is 11.2. The lowest BCUT2D eigenvalue weighted by atomic mass is 9.74. The third-order valence-corrected chi connectivity index (χ3v) is 2.16. The smallest absolute Gasteiger partial charge is 0.166 e. The lowest BCUT2D eigenvalue weighted by Gasteiger charge is -2.36. The first kappa shape index (κ1) is 7.73. The van der Waals surface area contributed by atoms with E-state index in [-0.39, 0.29) is 11.7 Å². The number of hydrogen-bond donors (Lipinski definition) is 1. The molecule has 0 heterocycles. The summed E-state index contributed by atoms with van der Waals surface area (Å²) in [4.78, 5) is 11.2. The fourth-order valence-electron chi connectivity index (χ4n) is 1.30. The largest absolute Gasteiger partial charge is 0.382 e. The highest BCUT2D eigenvalue weighted by atomic mass is 16.3. The summed E-state index contributed by atoms with van der Waals surface area (Å²) >= 11 is 0. The van der Waals surface area contributed by atoms with Gasteiger partial charge in [-0.15, -0.1) is 0 Å². The van der Waals surface area contributed by atoms with Crippen LogP contribution in [0.25, 0.3) is 0 Å². The Morgan fingerprint density at radius 2 is 2.00 bits per heavy atom. The first-order chi connectivity index (χ1) is 4.56. The van der Waals surface area contributed by atoms with Crippen LogP contribution in [0.15, 0.2) is 0 Å². The van der Waals surface area contributed by atoms with Crippen molar-refractivity contribution in [3.63, 3.8) is 0 Å². The molecule has 1 aliphatic rings. The van der Waals surface area contributed by atoms with Crippen LogP contribution in [0.2, 0.25) is 0 Å². The van der Waals surface area contributed by atoms with Gasteiger partial charge in [0.2, 0.25) is 0 Å². The van der Waals surface area contributed by atoms with Gasteiger partial charge in [-0.3, -0.25) is 4.79 Å². The van der Waals surface area contributed by atoms with E-state index in [1.807, 2.05) is 13.8 Å². The van der Waals surface area contributed by atoms with Gasteiger partial charge in [-0.05, 0) is 19.3 Å². The maximum absolute atomic E-state index is 11.2. The summed E-state index contributed by atoms with van der Waals surface area (Å²) in [6.07, 6.45) is 2.34. The van der Waals surface area contributed by atoms with E-state index >= 15 is 0 Å². The Hall–Kier alpha value is -0.370. The second-order valence-corrected chi connectivity index (χ2v) is 3.40. The first-order valence-electron chi connectivity index (χ1n) is 3.83. The van der Waals surface area contributed by atoms with E-state index in [2.05, 4.69) is 0 Å². The second kappa shape index (κ2) is 2.35. The lowest BCUT2D eigenvalue weighted by molar-refractivity contribution is -0.149. The third kappa shape index (κ3) is 1.08. The van der Waals surface area contributed by atoms with Crippen molar-refractivity contribution in [2.75, 3.05) is 0 Å². The van der Waals surface area contributed by atoms with E-state index < -0.39 is 5.60 Å². The Labute approximate surface area is 61.2 Å². The molecule has 0 aromatic heterocycles. The summed E-state index contributed by atoms with van der Waals surface area (Å²) < 4.78 is 0. The Bertz CT molecular complexity index is 145. The molecule has 1 aliphatic carbocycles. The van der Waals surface area contributed by atoms with Gasteiger partial charge < -0.3 is 5.11 Å². The number of rotatable bonds is 2. The molecule has 0 atom stereocenters. The number of carbonyl (C=O) groups excluding carboxylic acids is 1. The molecule has 1 saturated carbocycles. The summed E-state index contributed by atoms with van der Waals surface area (Å²) in [5.74, 6) is -0.0101. The molecular formula is C8H14O2. The van der Waals surface area contributed by atoms with Gasteiger partial charge in [0, 0.05) is 5.92 Å². The monoisotopic (exact) mass is 142 g/mol. The van der Waals surface area contributed by atoms with Crippen molar-refractivity contribution >= 4 is 5.78 Å². The molecular weight excluding hydrogens is 128 g/mol. The van der Waals surface area contributed by atoms with E-state index in [0.717, 1.165) is 6.42 Å². The second-order valence-electron chi connectivity index (χ2n) is 3.40. The number of ketones is 1. The highest BCUT2D eigenvalue weighted by molar-refractivity contribution is 5.89. The zero-order valence-corrected chi connectivity index (χ0v) is 6.55. The van der Waals surface area contributed by atoms with Gasteiger partial charge in [-0.2, -0.15) is 0 Å². The van der Waals surface area contributed by atoms with Crippen LogP contribution in [0.4, 0.5) is 0 Å². The van der Waals surface area contributed by atoms with Crippen LogP contribution >= 0.6 is 0 Å².